The van der Waals surface area contributed by atoms with Crippen LogP contribution in [0.25, 0.3) is 0 Å². The van der Waals surface area contributed by atoms with Crippen molar-refractivity contribution < 1.29 is 103 Å². The van der Waals surface area contributed by atoms with Crippen molar-refractivity contribution in [1.29, 1.82) is 0 Å². The van der Waals surface area contributed by atoms with Crippen LogP contribution in [-0.2, 0) is 27.1 Å². The third-order valence-corrected chi connectivity index (χ3v) is 16.7. The lowest BCUT2D eigenvalue weighted by Crippen LogP contribution is -2.74. The fraction of sp³-hybridized carbons (Fsp3) is 0.696. The highest BCUT2D eigenvalue weighted by molar-refractivity contribution is 6.74. The average Bonchev–Trinajstić information content (AvgIpc) is 3.25. The van der Waals surface area contributed by atoms with E-state index in [9.17, 15) is 74.6 Å². The summed E-state index contributed by atoms with van der Waals surface area (Å²) >= 11 is 0. The van der Waals surface area contributed by atoms with Gasteiger partial charge in [-0.3, -0.25) is 0 Å². The lowest BCUT2D eigenvalue weighted by molar-refractivity contribution is -0.461. The van der Waals surface area contributed by atoms with Crippen molar-refractivity contribution in [3.05, 3.63) is 65.7 Å². The fourth-order valence-electron chi connectivity index (χ4n) is 6.67. The summed E-state index contributed by atoms with van der Waals surface area (Å²) in [5.41, 5.74) is 1.35. The highest BCUT2D eigenvalue weighted by Gasteiger charge is 2.95. The second-order valence-corrected chi connectivity index (χ2v) is 23.2. The van der Waals surface area contributed by atoms with E-state index in [0.29, 0.717) is 36.5 Å². The normalized spacial score (nSPS) is 16.0. The molecular weight excluding hydrogens is 1000 g/mol. The van der Waals surface area contributed by atoms with Gasteiger partial charge >= 0.3 is 47.6 Å². The Hall–Kier alpha value is -3.51. The van der Waals surface area contributed by atoms with E-state index in [-0.39, 0.29) is 41.9 Å². The number of benzene rings is 2. The molecule has 2 rings (SSSR count). The first-order valence-corrected chi connectivity index (χ1v) is 24.8. The Morgan fingerprint density at radius 1 is 0.600 bits per heavy atom. The summed E-state index contributed by atoms with van der Waals surface area (Å²) in [6.07, 6.45) is -6.62. The standard InChI is InChI=1S/C46H61F17O6Si/c1-11-12-15-29(2)37(68-28-32-19-22-35(64-7)36(26-32)65-8)30(3)34(16-13-25-69-70(9,10)38(4,5)6)67-27-31-17-20-33(21-18-31)66-24-14-23-39(47,48)40(49,50)41(51,52)42(53,54)43(55,56)44(57,58)45(59,60)46(61,62)63/h12,15,17-22,26,29-30,34,37H,11,13-14,16,23-25,27-28H2,1-10H3. The SMILES string of the molecule is CCC=CC(C)C(OCc1ccc(OC)c(OC)c1)C(C)C(CCCO[Si](C)(C)C(C)(C)C)OCc1ccc(OCCCC(F)(F)C(F)(F)C(F)(F)C(F)(F)C(F)(F)C(F)(F)C(F)(F)C(F)(F)F)cc1. The molecule has 0 fully saturated rings. The molecule has 6 nitrogen and oxygen atoms in total. The van der Waals surface area contributed by atoms with E-state index in [0.717, 1.165) is 12.0 Å². The lowest BCUT2D eigenvalue weighted by Gasteiger charge is -2.42. The second kappa shape index (κ2) is 23.6. The van der Waals surface area contributed by atoms with E-state index >= 15 is 0 Å². The molecule has 0 saturated carbocycles. The van der Waals surface area contributed by atoms with Crippen LogP contribution in [0.1, 0.15) is 84.8 Å². The first kappa shape index (κ1) is 62.6. The lowest BCUT2D eigenvalue weighted by atomic mass is 9.86. The molecule has 70 heavy (non-hydrogen) atoms. The number of methoxy groups -OCH3 is 2. The number of hydrogen-bond acceptors (Lipinski definition) is 6. The van der Waals surface area contributed by atoms with Gasteiger partial charge in [-0.1, -0.05) is 71.9 Å². The Morgan fingerprint density at radius 3 is 1.60 bits per heavy atom. The summed E-state index contributed by atoms with van der Waals surface area (Å²) in [6, 6.07) is 10.8. The molecule has 24 heteroatoms. The van der Waals surface area contributed by atoms with E-state index in [1.807, 2.05) is 32.9 Å². The maximum absolute atomic E-state index is 14.4. The molecule has 0 radical (unpaired) electrons. The number of ether oxygens (including phenoxy) is 5. The number of hydrogen-bond donors (Lipinski definition) is 0. The Bertz CT molecular complexity index is 1950. The highest BCUT2D eigenvalue weighted by Crippen LogP contribution is 2.64. The minimum Gasteiger partial charge on any atom is -0.494 e. The Labute approximate surface area is 397 Å². The van der Waals surface area contributed by atoms with Crippen molar-refractivity contribution in [1.82, 2.24) is 0 Å². The summed E-state index contributed by atoms with van der Waals surface area (Å²) in [4.78, 5) is 0. The van der Waals surface area contributed by atoms with Gasteiger partial charge in [0.2, 0.25) is 0 Å². The molecule has 0 aliphatic rings. The minimum atomic E-state index is -8.67. The molecule has 2 aromatic carbocycles. The molecule has 2 aromatic rings. The second-order valence-electron chi connectivity index (χ2n) is 18.4. The zero-order valence-electron chi connectivity index (χ0n) is 40.2. The molecule has 0 N–H and O–H groups in total. The molecule has 0 heterocycles. The quantitative estimate of drug-likeness (QED) is 0.0350. The number of halogens is 17. The predicted molar refractivity (Wildman–Crippen MR) is 229 cm³/mol. The van der Waals surface area contributed by atoms with Crippen molar-refractivity contribution in [2.75, 3.05) is 27.4 Å². The molecule has 0 saturated heterocycles. The molecule has 0 spiro atoms. The van der Waals surface area contributed by atoms with Gasteiger partial charge in [-0.2, -0.15) is 74.6 Å². The van der Waals surface area contributed by atoms with E-state index in [1.165, 1.54) is 38.5 Å². The predicted octanol–water partition coefficient (Wildman–Crippen LogP) is 15.4. The van der Waals surface area contributed by atoms with Crippen molar-refractivity contribution in [3.63, 3.8) is 0 Å². The fourth-order valence-corrected chi connectivity index (χ4v) is 7.75. The van der Waals surface area contributed by atoms with E-state index in [4.69, 9.17) is 28.1 Å². The third-order valence-electron chi connectivity index (χ3n) is 12.2. The van der Waals surface area contributed by atoms with Crippen LogP contribution < -0.4 is 14.2 Å². The van der Waals surface area contributed by atoms with Gasteiger partial charge in [-0.25, -0.2) is 0 Å². The van der Waals surface area contributed by atoms with Crippen LogP contribution in [0.5, 0.6) is 17.2 Å². The molecule has 4 atom stereocenters. The summed E-state index contributed by atoms with van der Waals surface area (Å²) in [7, 11) is 0.931. The van der Waals surface area contributed by atoms with E-state index < -0.39 is 81.5 Å². The number of rotatable bonds is 29. The maximum atomic E-state index is 14.4. The number of alkyl halides is 17. The van der Waals surface area contributed by atoms with Crippen molar-refractivity contribution in [2.24, 2.45) is 11.8 Å². The first-order chi connectivity index (χ1) is 31.8. The monoisotopic (exact) mass is 1060 g/mol. The van der Waals surface area contributed by atoms with E-state index in [2.05, 4.69) is 39.9 Å². The minimum absolute atomic E-state index is 0.00106. The zero-order valence-corrected chi connectivity index (χ0v) is 41.2. The first-order valence-electron chi connectivity index (χ1n) is 21.9. The van der Waals surface area contributed by atoms with Gasteiger partial charge in [0, 0.05) is 24.9 Å². The van der Waals surface area contributed by atoms with Crippen LogP contribution in [0.4, 0.5) is 74.6 Å². The van der Waals surface area contributed by atoms with Gasteiger partial charge < -0.3 is 28.1 Å². The zero-order chi connectivity index (χ0) is 54.2. The van der Waals surface area contributed by atoms with Crippen LogP contribution in [-0.4, -0.2) is 95.6 Å². The van der Waals surface area contributed by atoms with Crippen LogP contribution >= 0.6 is 0 Å². The molecule has 0 aliphatic carbocycles. The van der Waals surface area contributed by atoms with Gasteiger partial charge in [-0.05, 0) is 79.2 Å². The van der Waals surface area contributed by atoms with Gasteiger partial charge in [0.1, 0.15) is 5.75 Å². The molecule has 0 aromatic heterocycles. The summed E-state index contributed by atoms with van der Waals surface area (Å²) in [5.74, 6) is -56.0. The van der Waals surface area contributed by atoms with Gasteiger partial charge in [0.05, 0.1) is 46.2 Å². The molecule has 0 bridgehead atoms. The Morgan fingerprint density at radius 2 is 1.10 bits per heavy atom. The van der Waals surface area contributed by atoms with Crippen LogP contribution in [0.2, 0.25) is 18.1 Å². The van der Waals surface area contributed by atoms with Gasteiger partial charge in [0.15, 0.2) is 19.8 Å². The summed E-state index contributed by atoms with van der Waals surface area (Å²) in [5, 5.41) is -0.0406. The Kier molecular flexibility index (Phi) is 21.1. The van der Waals surface area contributed by atoms with Crippen LogP contribution in [0, 0.1) is 11.8 Å². The van der Waals surface area contributed by atoms with Crippen molar-refractivity contribution in [2.45, 2.75) is 165 Å². The molecule has 0 aliphatic heterocycles. The molecule has 404 valence electrons. The Balaban J connectivity index is 2.26. The van der Waals surface area contributed by atoms with E-state index in [1.54, 1.807) is 12.1 Å². The third kappa shape index (κ3) is 13.8. The number of allylic oxidation sites excluding steroid dienone is 1. The summed E-state index contributed by atoms with van der Waals surface area (Å²) in [6.45, 7) is 16.2. The summed E-state index contributed by atoms with van der Waals surface area (Å²) < 4.78 is 267. The molecular formula is C46H61F17O6Si. The molecule has 4 unspecified atom stereocenters. The van der Waals surface area contributed by atoms with Crippen molar-refractivity contribution in [3.8, 4) is 17.2 Å². The smallest absolute Gasteiger partial charge is 0.460 e. The highest BCUT2D eigenvalue weighted by atomic mass is 28.4. The van der Waals surface area contributed by atoms with Gasteiger partial charge in [-0.15, -0.1) is 0 Å². The maximum Gasteiger partial charge on any atom is 0.460 e. The van der Waals surface area contributed by atoms with Crippen LogP contribution in [0.3, 0.4) is 0 Å². The largest absolute Gasteiger partial charge is 0.494 e. The topological polar surface area (TPSA) is 55.4 Å². The van der Waals surface area contributed by atoms with Crippen molar-refractivity contribution >= 4 is 8.32 Å². The van der Waals surface area contributed by atoms with Gasteiger partial charge in [0.25, 0.3) is 0 Å². The average molecular weight is 1060 g/mol. The van der Waals surface area contributed by atoms with Crippen LogP contribution in [0.15, 0.2) is 54.6 Å². The molecule has 0 amide bonds.